The first-order chi connectivity index (χ1) is 9.12. The van der Waals surface area contributed by atoms with Gasteiger partial charge in [0.2, 0.25) is 0 Å². The van der Waals surface area contributed by atoms with Gasteiger partial charge >= 0.3 is 5.97 Å². The van der Waals surface area contributed by atoms with E-state index in [4.69, 9.17) is 9.84 Å². The van der Waals surface area contributed by atoms with Crippen molar-refractivity contribution in [3.05, 3.63) is 36.0 Å². The lowest BCUT2D eigenvalue weighted by Crippen LogP contribution is -2.28. The molecule has 0 atom stereocenters. The van der Waals surface area contributed by atoms with Crippen LogP contribution in [0.25, 0.3) is 0 Å². The number of aromatic carboxylic acids is 1. The average molecular weight is 264 g/mol. The molecule has 0 aliphatic heterocycles. The van der Waals surface area contributed by atoms with E-state index in [-0.39, 0.29) is 5.56 Å². The molecule has 1 heterocycles. The highest BCUT2D eigenvalue weighted by Crippen LogP contribution is 2.16. The van der Waals surface area contributed by atoms with E-state index < -0.39 is 5.97 Å². The Hall–Kier alpha value is -1.88. The smallest absolute Gasteiger partial charge is 0.335 e. The fraction of sp³-hybridized carbons (Fsp3) is 0.429. The lowest BCUT2D eigenvalue weighted by Gasteiger charge is -2.22. The van der Waals surface area contributed by atoms with E-state index in [9.17, 15) is 4.79 Å². The maximum atomic E-state index is 11.1. The summed E-state index contributed by atoms with van der Waals surface area (Å²) in [5.41, 5.74) is 1.02. The number of carbonyl (C=O) groups is 1. The molecule has 1 rings (SSSR count). The molecule has 5 nitrogen and oxygen atoms in total. The molecule has 0 bridgehead atoms. The summed E-state index contributed by atoms with van der Waals surface area (Å²) in [6, 6.07) is 3.19. The Morgan fingerprint density at radius 3 is 2.84 bits per heavy atom. The number of aromatic nitrogens is 1. The van der Waals surface area contributed by atoms with Crippen molar-refractivity contribution in [3.63, 3.8) is 0 Å². The number of aryl methyl sites for hydroxylation is 1. The van der Waals surface area contributed by atoms with Crippen LogP contribution in [-0.4, -0.2) is 42.9 Å². The Morgan fingerprint density at radius 1 is 1.58 bits per heavy atom. The molecular formula is C14H20N2O3. The summed E-state index contributed by atoms with van der Waals surface area (Å²) >= 11 is 0. The van der Waals surface area contributed by atoms with Gasteiger partial charge in [-0.15, -0.1) is 6.58 Å². The van der Waals surface area contributed by atoms with Crippen LogP contribution in [0.2, 0.25) is 0 Å². The Labute approximate surface area is 113 Å². The lowest BCUT2D eigenvalue weighted by atomic mass is 10.2. The number of ether oxygens (including phenoxy) is 1. The maximum absolute atomic E-state index is 11.1. The van der Waals surface area contributed by atoms with Crippen LogP contribution in [0.5, 0.6) is 0 Å². The van der Waals surface area contributed by atoms with Crippen molar-refractivity contribution in [2.45, 2.75) is 13.3 Å². The van der Waals surface area contributed by atoms with Gasteiger partial charge in [0.25, 0.3) is 0 Å². The maximum Gasteiger partial charge on any atom is 0.335 e. The van der Waals surface area contributed by atoms with Gasteiger partial charge in [0.05, 0.1) is 12.2 Å². The first kappa shape index (κ1) is 15.2. The molecule has 1 aromatic heterocycles. The summed E-state index contributed by atoms with van der Waals surface area (Å²) in [5, 5.41) is 9.13. The molecule has 5 heteroatoms. The molecule has 0 unspecified atom stereocenters. The topological polar surface area (TPSA) is 62.7 Å². The van der Waals surface area contributed by atoms with E-state index in [1.807, 2.05) is 11.8 Å². The SMILES string of the molecule is C=CCN(CCOC)c1cc(C(=O)O)cc(CC)n1. The van der Waals surface area contributed by atoms with Gasteiger partial charge in [0, 0.05) is 25.9 Å². The lowest BCUT2D eigenvalue weighted by molar-refractivity contribution is 0.0696. The van der Waals surface area contributed by atoms with E-state index in [0.717, 1.165) is 5.69 Å². The Balaban J connectivity index is 3.09. The second-order valence-corrected chi connectivity index (χ2v) is 4.09. The Bertz CT molecular complexity index is 446. The summed E-state index contributed by atoms with van der Waals surface area (Å²) in [6.45, 7) is 7.45. The molecule has 0 amide bonds. The van der Waals surface area contributed by atoms with E-state index in [1.54, 1.807) is 25.3 Å². The molecule has 0 aromatic carbocycles. The van der Waals surface area contributed by atoms with Crippen LogP contribution < -0.4 is 4.90 Å². The second kappa shape index (κ2) is 7.53. The summed E-state index contributed by atoms with van der Waals surface area (Å²) in [5.74, 6) is -0.294. The molecular weight excluding hydrogens is 244 g/mol. The summed E-state index contributed by atoms with van der Waals surface area (Å²) in [4.78, 5) is 17.5. The van der Waals surface area contributed by atoms with Gasteiger partial charge in [-0.1, -0.05) is 13.0 Å². The highest BCUT2D eigenvalue weighted by Gasteiger charge is 2.12. The zero-order valence-electron chi connectivity index (χ0n) is 11.4. The van der Waals surface area contributed by atoms with E-state index in [1.165, 1.54) is 0 Å². The number of hydrogen-bond donors (Lipinski definition) is 1. The number of methoxy groups -OCH3 is 1. The zero-order chi connectivity index (χ0) is 14.3. The van der Waals surface area contributed by atoms with Crippen LogP contribution in [-0.2, 0) is 11.2 Å². The van der Waals surface area contributed by atoms with Crippen LogP contribution in [0.4, 0.5) is 5.82 Å². The van der Waals surface area contributed by atoms with Gasteiger partial charge in [-0.2, -0.15) is 0 Å². The second-order valence-electron chi connectivity index (χ2n) is 4.09. The van der Waals surface area contributed by atoms with Crippen LogP contribution in [0.1, 0.15) is 23.0 Å². The normalized spacial score (nSPS) is 10.2. The number of carboxylic acid groups (broad SMARTS) is 1. The van der Waals surface area contributed by atoms with Crippen LogP contribution in [0.15, 0.2) is 24.8 Å². The van der Waals surface area contributed by atoms with Gasteiger partial charge < -0.3 is 14.7 Å². The van der Waals surface area contributed by atoms with Crippen molar-refractivity contribution in [2.75, 3.05) is 31.7 Å². The van der Waals surface area contributed by atoms with Crippen molar-refractivity contribution in [1.82, 2.24) is 4.98 Å². The highest BCUT2D eigenvalue weighted by molar-refractivity contribution is 5.88. The van der Waals surface area contributed by atoms with E-state index in [2.05, 4.69) is 11.6 Å². The predicted octanol–water partition coefficient (Wildman–Crippen LogP) is 1.98. The van der Waals surface area contributed by atoms with Gasteiger partial charge in [0.1, 0.15) is 5.82 Å². The van der Waals surface area contributed by atoms with Crippen molar-refractivity contribution in [3.8, 4) is 0 Å². The molecule has 0 saturated carbocycles. The first-order valence-electron chi connectivity index (χ1n) is 6.21. The standard InChI is InChI=1S/C14H20N2O3/c1-4-6-16(7-8-19-3)13-10-11(14(17)18)9-12(5-2)15-13/h4,9-10H,1,5-8H2,2-3H3,(H,17,18). The summed E-state index contributed by atoms with van der Waals surface area (Å²) in [6.07, 6.45) is 2.46. The number of carboxylic acids is 1. The van der Waals surface area contributed by atoms with Crippen LogP contribution >= 0.6 is 0 Å². The van der Waals surface area contributed by atoms with Gasteiger partial charge in [-0.3, -0.25) is 0 Å². The van der Waals surface area contributed by atoms with Gasteiger partial charge in [-0.05, 0) is 18.6 Å². The van der Waals surface area contributed by atoms with Crippen molar-refractivity contribution in [2.24, 2.45) is 0 Å². The van der Waals surface area contributed by atoms with Crippen molar-refractivity contribution < 1.29 is 14.6 Å². The van der Waals surface area contributed by atoms with Gasteiger partial charge in [-0.25, -0.2) is 9.78 Å². The molecule has 1 N–H and O–H groups in total. The van der Waals surface area contributed by atoms with Crippen LogP contribution in [0, 0.1) is 0 Å². The van der Waals surface area contributed by atoms with Crippen LogP contribution in [0.3, 0.4) is 0 Å². The quantitative estimate of drug-likeness (QED) is 0.727. The largest absolute Gasteiger partial charge is 0.478 e. The molecule has 104 valence electrons. The van der Waals surface area contributed by atoms with Gasteiger partial charge in [0.15, 0.2) is 0 Å². The summed E-state index contributed by atoms with van der Waals surface area (Å²) in [7, 11) is 1.63. The third kappa shape index (κ3) is 4.37. The average Bonchev–Trinajstić information content (AvgIpc) is 2.42. The Morgan fingerprint density at radius 2 is 2.32 bits per heavy atom. The minimum absolute atomic E-state index is 0.258. The molecule has 19 heavy (non-hydrogen) atoms. The minimum atomic E-state index is -0.941. The number of nitrogens with zero attached hydrogens (tertiary/aromatic N) is 2. The molecule has 0 fully saturated rings. The molecule has 1 aromatic rings. The highest BCUT2D eigenvalue weighted by atomic mass is 16.5. The molecule has 0 aliphatic carbocycles. The monoisotopic (exact) mass is 264 g/mol. The fourth-order valence-corrected chi connectivity index (χ4v) is 1.70. The third-order valence-corrected chi connectivity index (χ3v) is 2.71. The number of rotatable bonds is 8. The molecule has 0 saturated heterocycles. The fourth-order valence-electron chi connectivity index (χ4n) is 1.70. The van der Waals surface area contributed by atoms with Crippen molar-refractivity contribution >= 4 is 11.8 Å². The number of hydrogen-bond acceptors (Lipinski definition) is 4. The molecule has 0 spiro atoms. The molecule has 0 aliphatic rings. The zero-order valence-corrected chi connectivity index (χ0v) is 11.4. The Kier molecular flexibility index (Phi) is 6.02. The van der Waals surface area contributed by atoms with Crippen molar-refractivity contribution in [1.29, 1.82) is 0 Å². The van der Waals surface area contributed by atoms with E-state index in [0.29, 0.717) is 31.9 Å². The predicted molar refractivity (Wildman–Crippen MR) is 74.9 cm³/mol. The van der Waals surface area contributed by atoms with E-state index >= 15 is 0 Å². The third-order valence-electron chi connectivity index (χ3n) is 2.71. The first-order valence-corrected chi connectivity index (χ1v) is 6.21. The number of anilines is 1. The molecule has 0 radical (unpaired) electrons. The minimum Gasteiger partial charge on any atom is -0.478 e. The number of pyridine rings is 1. The summed E-state index contributed by atoms with van der Waals surface area (Å²) < 4.78 is 5.05.